The molecule has 1 rings (SSSR count). The highest BCUT2D eigenvalue weighted by Gasteiger charge is 2.08. The van der Waals surface area contributed by atoms with Crippen molar-refractivity contribution in [2.45, 2.75) is 27.4 Å². The summed E-state index contributed by atoms with van der Waals surface area (Å²) in [6.45, 7) is 5.97. The van der Waals surface area contributed by atoms with Crippen molar-refractivity contribution >= 4 is 15.9 Å². The van der Waals surface area contributed by atoms with Gasteiger partial charge in [0.05, 0.1) is 6.61 Å². The van der Waals surface area contributed by atoms with E-state index < -0.39 is 0 Å². The minimum absolute atomic E-state index is 0.0682. The predicted molar refractivity (Wildman–Crippen MR) is 52.1 cm³/mol. The summed E-state index contributed by atoms with van der Waals surface area (Å²) < 4.78 is 0.870. The molecule has 0 unspecified atom stereocenters. The zero-order valence-corrected chi connectivity index (χ0v) is 9.07. The van der Waals surface area contributed by atoms with Crippen LogP contribution in [0.1, 0.15) is 22.4 Å². The zero-order chi connectivity index (χ0) is 9.30. The molecule has 0 saturated carbocycles. The van der Waals surface area contributed by atoms with Gasteiger partial charge in [-0.2, -0.15) is 0 Å². The number of aromatic nitrogens is 1. The third-order valence-corrected chi connectivity index (χ3v) is 2.96. The molecule has 0 aliphatic carbocycles. The molecular formula is C9H12BrNO. The Morgan fingerprint density at radius 1 is 1.25 bits per heavy atom. The van der Waals surface area contributed by atoms with Crippen molar-refractivity contribution < 1.29 is 5.11 Å². The summed E-state index contributed by atoms with van der Waals surface area (Å²) in [4.78, 5) is 4.26. The Morgan fingerprint density at radius 2 is 1.83 bits per heavy atom. The highest BCUT2D eigenvalue weighted by atomic mass is 79.9. The molecule has 0 aliphatic heterocycles. The van der Waals surface area contributed by atoms with Crippen molar-refractivity contribution in [1.82, 2.24) is 4.98 Å². The lowest BCUT2D eigenvalue weighted by molar-refractivity contribution is 0.279. The van der Waals surface area contributed by atoms with Crippen molar-refractivity contribution in [1.29, 1.82) is 0 Å². The first-order valence-electron chi connectivity index (χ1n) is 3.81. The van der Waals surface area contributed by atoms with Gasteiger partial charge in [-0.25, -0.2) is 4.98 Å². The molecule has 0 aromatic carbocycles. The Labute approximate surface area is 80.8 Å². The van der Waals surface area contributed by atoms with Crippen LogP contribution in [-0.4, -0.2) is 10.1 Å². The molecule has 66 valence electrons. The molecule has 0 amide bonds. The lowest BCUT2D eigenvalue weighted by atomic mass is 10.0. The first-order valence-corrected chi connectivity index (χ1v) is 4.60. The van der Waals surface area contributed by atoms with Gasteiger partial charge >= 0.3 is 0 Å². The fourth-order valence-corrected chi connectivity index (χ4v) is 1.75. The van der Waals surface area contributed by atoms with Crippen LogP contribution in [0, 0.1) is 20.8 Å². The van der Waals surface area contributed by atoms with E-state index in [-0.39, 0.29) is 6.61 Å². The first-order chi connectivity index (χ1) is 5.57. The van der Waals surface area contributed by atoms with Crippen molar-refractivity contribution in [3.8, 4) is 0 Å². The number of nitrogens with zero attached hydrogens (tertiary/aromatic N) is 1. The van der Waals surface area contributed by atoms with E-state index in [1.54, 1.807) is 0 Å². The van der Waals surface area contributed by atoms with Gasteiger partial charge in [0.2, 0.25) is 0 Å². The normalized spacial score (nSPS) is 10.4. The van der Waals surface area contributed by atoms with Gasteiger partial charge < -0.3 is 5.11 Å². The van der Waals surface area contributed by atoms with E-state index in [0.29, 0.717) is 0 Å². The Kier molecular flexibility index (Phi) is 2.85. The summed E-state index contributed by atoms with van der Waals surface area (Å²) >= 11 is 3.37. The lowest BCUT2D eigenvalue weighted by Crippen LogP contribution is -2.00. The summed E-state index contributed by atoms with van der Waals surface area (Å²) in [7, 11) is 0. The summed E-state index contributed by atoms with van der Waals surface area (Å²) in [5.41, 5.74) is 4.06. The van der Waals surface area contributed by atoms with Crippen molar-refractivity contribution in [3.05, 3.63) is 27.0 Å². The topological polar surface area (TPSA) is 33.1 Å². The molecule has 0 aliphatic rings. The summed E-state index contributed by atoms with van der Waals surface area (Å²) in [6, 6.07) is 0. The molecule has 0 radical (unpaired) electrons. The lowest BCUT2D eigenvalue weighted by Gasteiger charge is -2.10. The van der Waals surface area contributed by atoms with Crippen molar-refractivity contribution in [2.24, 2.45) is 0 Å². The Morgan fingerprint density at radius 3 is 2.33 bits per heavy atom. The summed E-state index contributed by atoms with van der Waals surface area (Å²) in [5.74, 6) is 0. The number of aliphatic hydroxyl groups excluding tert-OH is 1. The molecule has 0 spiro atoms. The second-order valence-corrected chi connectivity index (χ2v) is 3.63. The van der Waals surface area contributed by atoms with Crippen LogP contribution in [-0.2, 0) is 6.61 Å². The van der Waals surface area contributed by atoms with Gasteiger partial charge in [-0.05, 0) is 47.8 Å². The first kappa shape index (κ1) is 9.68. The minimum atomic E-state index is 0.0682. The maximum atomic E-state index is 9.06. The maximum Gasteiger partial charge on any atom is 0.109 e. The van der Waals surface area contributed by atoms with Crippen LogP contribution >= 0.6 is 15.9 Å². The maximum absolute atomic E-state index is 9.06. The van der Waals surface area contributed by atoms with Gasteiger partial charge in [-0.3, -0.25) is 0 Å². The molecule has 2 nitrogen and oxygen atoms in total. The number of aryl methyl sites for hydroxylation is 1. The Hall–Kier alpha value is -0.410. The fraction of sp³-hybridized carbons (Fsp3) is 0.444. The second-order valence-electron chi connectivity index (χ2n) is 2.87. The predicted octanol–water partition coefficient (Wildman–Crippen LogP) is 2.26. The quantitative estimate of drug-likeness (QED) is 0.750. The molecule has 1 aromatic heterocycles. The number of pyridine rings is 1. The van der Waals surface area contributed by atoms with Crippen LogP contribution in [0.5, 0.6) is 0 Å². The van der Waals surface area contributed by atoms with Crippen LogP contribution in [0.2, 0.25) is 0 Å². The summed E-state index contributed by atoms with van der Waals surface area (Å²) in [5, 5.41) is 9.06. The van der Waals surface area contributed by atoms with E-state index in [4.69, 9.17) is 5.11 Å². The smallest absolute Gasteiger partial charge is 0.109 e. The number of aliphatic hydroxyl groups is 1. The standard InChI is InChI=1S/C9H12BrNO/c1-5-6(2)9(10)11-7(3)8(5)4-12/h12H,4H2,1-3H3. The van der Waals surface area contributed by atoms with Gasteiger partial charge in [-0.15, -0.1) is 0 Å². The van der Waals surface area contributed by atoms with E-state index in [2.05, 4.69) is 20.9 Å². The van der Waals surface area contributed by atoms with Crippen molar-refractivity contribution in [2.75, 3.05) is 0 Å². The van der Waals surface area contributed by atoms with Crippen LogP contribution in [0.4, 0.5) is 0 Å². The molecule has 1 N–H and O–H groups in total. The van der Waals surface area contributed by atoms with Gasteiger partial charge in [0.15, 0.2) is 0 Å². The van der Waals surface area contributed by atoms with Crippen LogP contribution in [0.25, 0.3) is 0 Å². The average Bonchev–Trinajstić information content (AvgIpc) is 2.01. The molecule has 0 fully saturated rings. The van der Waals surface area contributed by atoms with Crippen LogP contribution in [0.15, 0.2) is 4.60 Å². The Balaban J connectivity index is 3.40. The molecule has 0 bridgehead atoms. The van der Waals surface area contributed by atoms with Gasteiger partial charge in [0.25, 0.3) is 0 Å². The third kappa shape index (κ3) is 1.52. The second kappa shape index (κ2) is 3.54. The Bertz CT molecular complexity index is 310. The largest absolute Gasteiger partial charge is 0.392 e. The van der Waals surface area contributed by atoms with E-state index in [1.165, 1.54) is 0 Å². The van der Waals surface area contributed by atoms with Crippen molar-refractivity contribution in [3.63, 3.8) is 0 Å². The van der Waals surface area contributed by atoms with E-state index >= 15 is 0 Å². The number of rotatable bonds is 1. The average molecular weight is 230 g/mol. The minimum Gasteiger partial charge on any atom is -0.392 e. The van der Waals surface area contributed by atoms with E-state index in [9.17, 15) is 0 Å². The van der Waals surface area contributed by atoms with Gasteiger partial charge in [0.1, 0.15) is 4.60 Å². The van der Waals surface area contributed by atoms with Gasteiger partial charge in [0, 0.05) is 11.3 Å². The number of hydrogen-bond acceptors (Lipinski definition) is 2. The van der Waals surface area contributed by atoms with Gasteiger partial charge in [-0.1, -0.05) is 0 Å². The molecule has 1 aromatic rings. The highest BCUT2D eigenvalue weighted by molar-refractivity contribution is 9.10. The van der Waals surface area contributed by atoms with E-state index in [0.717, 1.165) is 27.0 Å². The molecule has 0 atom stereocenters. The fourth-order valence-electron chi connectivity index (χ4n) is 1.18. The van der Waals surface area contributed by atoms with Crippen LogP contribution < -0.4 is 0 Å². The molecule has 1 heterocycles. The summed E-state index contributed by atoms with van der Waals surface area (Å²) in [6.07, 6.45) is 0. The van der Waals surface area contributed by atoms with Crippen LogP contribution in [0.3, 0.4) is 0 Å². The van der Waals surface area contributed by atoms with E-state index in [1.807, 2.05) is 20.8 Å². The highest BCUT2D eigenvalue weighted by Crippen LogP contribution is 2.22. The zero-order valence-electron chi connectivity index (χ0n) is 7.48. The molecule has 0 saturated heterocycles. The number of hydrogen-bond donors (Lipinski definition) is 1. The SMILES string of the molecule is Cc1nc(Br)c(C)c(C)c1CO. The molecule has 12 heavy (non-hydrogen) atoms. The number of halogens is 1. The third-order valence-electron chi connectivity index (χ3n) is 2.19. The monoisotopic (exact) mass is 229 g/mol. The molecule has 3 heteroatoms. The molecular weight excluding hydrogens is 218 g/mol.